The van der Waals surface area contributed by atoms with Gasteiger partial charge in [-0.25, -0.2) is 0 Å². The highest BCUT2D eigenvalue weighted by molar-refractivity contribution is 7.86. The van der Waals surface area contributed by atoms with Gasteiger partial charge in [0.15, 0.2) is 12.6 Å². The third kappa shape index (κ3) is 3.16. The van der Waals surface area contributed by atoms with Gasteiger partial charge < -0.3 is 18.9 Å². The fourth-order valence-electron chi connectivity index (χ4n) is 3.74. The molecule has 3 aliphatic heterocycles. The van der Waals surface area contributed by atoms with Crippen LogP contribution >= 0.6 is 0 Å². The van der Waals surface area contributed by atoms with E-state index in [1.165, 1.54) is 12.1 Å². The van der Waals surface area contributed by atoms with Gasteiger partial charge in [0.1, 0.15) is 24.4 Å². The Kier molecular flexibility index (Phi) is 4.50. The van der Waals surface area contributed by atoms with Crippen LogP contribution in [-0.4, -0.2) is 45.7 Å². The smallest absolute Gasteiger partial charge is 0.297 e. The van der Waals surface area contributed by atoms with Crippen molar-refractivity contribution in [3.8, 4) is 0 Å². The molecule has 0 aromatic heterocycles. The van der Waals surface area contributed by atoms with E-state index in [1.54, 1.807) is 12.1 Å². The Labute approximate surface area is 163 Å². The number of benzene rings is 2. The van der Waals surface area contributed by atoms with Crippen LogP contribution in [0.2, 0.25) is 0 Å². The zero-order valence-corrected chi connectivity index (χ0v) is 15.9. The van der Waals surface area contributed by atoms with Crippen molar-refractivity contribution in [2.75, 3.05) is 6.61 Å². The maximum atomic E-state index is 12.8. The summed E-state index contributed by atoms with van der Waals surface area (Å²) in [4.78, 5) is 0.0919. The summed E-state index contributed by atoms with van der Waals surface area (Å²) in [7, 11) is -3.99. The molecule has 3 fully saturated rings. The molecule has 6 atom stereocenters. The fraction of sp³-hybridized carbons (Fsp3) is 0.400. The normalized spacial score (nSPS) is 34.3. The second-order valence-corrected chi connectivity index (χ2v) is 8.72. The predicted molar refractivity (Wildman–Crippen MR) is 96.8 cm³/mol. The molecule has 0 amide bonds. The summed E-state index contributed by atoms with van der Waals surface area (Å²) in [6.07, 6.45) is -3.80. The minimum Gasteiger partial charge on any atom is -0.347 e. The SMILES string of the molecule is Cc1ccc(S(=O)(=O)O[C@H]2[C@@H]3OC(c4ccccc4)O[C@@H]3C3OC[C@H]2O3)cc1. The molecular weight excluding hydrogens is 384 g/mol. The van der Waals surface area contributed by atoms with Crippen molar-refractivity contribution < 1.29 is 31.5 Å². The lowest BCUT2D eigenvalue weighted by molar-refractivity contribution is -0.189. The third-order valence-electron chi connectivity index (χ3n) is 5.20. The summed E-state index contributed by atoms with van der Waals surface area (Å²) in [6.45, 7) is 2.12. The van der Waals surface area contributed by atoms with Crippen LogP contribution in [0.3, 0.4) is 0 Å². The highest BCUT2D eigenvalue weighted by atomic mass is 32.2. The summed E-state index contributed by atoms with van der Waals surface area (Å²) in [6, 6.07) is 16.0. The van der Waals surface area contributed by atoms with E-state index in [-0.39, 0.29) is 11.5 Å². The van der Waals surface area contributed by atoms with Crippen molar-refractivity contribution in [3.05, 3.63) is 65.7 Å². The number of hydrogen-bond donors (Lipinski definition) is 0. The molecule has 3 aliphatic rings. The summed E-state index contributed by atoms with van der Waals surface area (Å²) < 4.78 is 54.7. The van der Waals surface area contributed by atoms with E-state index in [2.05, 4.69) is 0 Å². The first-order chi connectivity index (χ1) is 13.5. The van der Waals surface area contributed by atoms with Gasteiger partial charge >= 0.3 is 0 Å². The molecule has 2 aromatic carbocycles. The Bertz CT molecular complexity index is 944. The Morgan fingerprint density at radius 1 is 0.929 bits per heavy atom. The molecule has 148 valence electrons. The molecule has 0 N–H and O–H groups in total. The molecule has 0 saturated carbocycles. The van der Waals surface area contributed by atoms with Gasteiger partial charge in [0.25, 0.3) is 10.1 Å². The molecule has 28 heavy (non-hydrogen) atoms. The lowest BCUT2D eigenvalue weighted by Crippen LogP contribution is -2.54. The molecule has 3 heterocycles. The Balaban J connectivity index is 1.41. The molecule has 5 rings (SSSR count). The van der Waals surface area contributed by atoms with E-state index in [1.807, 2.05) is 37.3 Å². The highest BCUT2D eigenvalue weighted by Gasteiger charge is 2.58. The topological polar surface area (TPSA) is 80.3 Å². The molecule has 0 spiro atoms. The average Bonchev–Trinajstić information content (AvgIpc) is 3.33. The van der Waals surface area contributed by atoms with Crippen LogP contribution in [0.15, 0.2) is 59.5 Å². The van der Waals surface area contributed by atoms with Crippen LogP contribution in [-0.2, 0) is 33.2 Å². The first-order valence-corrected chi connectivity index (χ1v) is 10.5. The van der Waals surface area contributed by atoms with Gasteiger partial charge in [0.05, 0.1) is 11.5 Å². The van der Waals surface area contributed by atoms with Crippen molar-refractivity contribution in [3.63, 3.8) is 0 Å². The van der Waals surface area contributed by atoms with Gasteiger partial charge in [0, 0.05) is 5.56 Å². The first kappa shape index (κ1) is 18.2. The summed E-state index contributed by atoms with van der Waals surface area (Å²) in [5.41, 5.74) is 1.80. The lowest BCUT2D eigenvalue weighted by atomic mass is 10.0. The van der Waals surface area contributed by atoms with Crippen LogP contribution in [0.5, 0.6) is 0 Å². The van der Waals surface area contributed by atoms with Crippen molar-refractivity contribution in [2.24, 2.45) is 0 Å². The monoisotopic (exact) mass is 404 g/mol. The first-order valence-electron chi connectivity index (χ1n) is 9.14. The van der Waals surface area contributed by atoms with E-state index in [4.69, 9.17) is 23.1 Å². The summed E-state index contributed by atoms with van der Waals surface area (Å²) in [5.74, 6) is 0. The lowest BCUT2D eigenvalue weighted by Gasteiger charge is -2.34. The van der Waals surface area contributed by atoms with E-state index in [0.717, 1.165) is 11.1 Å². The molecule has 2 bridgehead atoms. The summed E-state index contributed by atoms with van der Waals surface area (Å²) >= 11 is 0. The zero-order chi connectivity index (χ0) is 19.3. The summed E-state index contributed by atoms with van der Waals surface area (Å²) in [5, 5.41) is 0. The molecule has 7 nitrogen and oxygen atoms in total. The molecule has 0 radical (unpaired) electrons. The van der Waals surface area contributed by atoms with E-state index in [9.17, 15) is 8.42 Å². The van der Waals surface area contributed by atoms with Gasteiger partial charge in [-0.3, -0.25) is 4.18 Å². The van der Waals surface area contributed by atoms with Gasteiger partial charge in [-0.05, 0) is 19.1 Å². The van der Waals surface area contributed by atoms with E-state index in [0.29, 0.717) is 0 Å². The Morgan fingerprint density at radius 2 is 1.64 bits per heavy atom. The van der Waals surface area contributed by atoms with Crippen LogP contribution in [0.1, 0.15) is 17.4 Å². The molecule has 2 unspecified atom stereocenters. The molecule has 0 aliphatic carbocycles. The zero-order valence-electron chi connectivity index (χ0n) is 15.1. The van der Waals surface area contributed by atoms with Gasteiger partial charge in [-0.1, -0.05) is 48.0 Å². The Hall–Kier alpha value is -1.81. The maximum absolute atomic E-state index is 12.8. The highest BCUT2D eigenvalue weighted by Crippen LogP contribution is 2.43. The standard InChI is InChI=1S/C20H20O7S/c1-12-7-9-14(10-8-12)28(21,22)27-16-15-11-23-20(24-15)18-17(16)25-19(26-18)13-5-3-2-4-6-13/h2-10,15-20H,11H2,1H3/t15-,16-,17+,18+,19?,20?/m1/s1. The molecule has 2 aromatic rings. The molecule has 8 heteroatoms. The predicted octanol–water partition coefficient (Wildman–Crippen LogP) is 2.31. The van der Waals surface area contributed by atoms with Crippen molar-refractivity contribution in [1.82, 2.24) is 0 Å². The fourth-order valence-corrected chi connectivity index (χ4v) is 4.85. The van der Waals surface area contributed by atoms with Crippen molar-refractivity contribution in [2.45, 2.75) is 48.8 Å². The third-order valence-corrected chi connectivity index (χ3v) is 6.52. The largest absolute Gasteiger partial charge is 0.347 e. The van der Waals surface area contributed by atoms with Crippen LogP contribution in [0, 0.1) is 6.92 Å². The van der Waals surface area contributed by atoms with Gasteiger partial charge in [-0.2, -0.15) is 8.42 Å². The number of rotatable bonds is 4. The maximum Gasteiger partial charge on any atom is 0.297 e. The van der Waals surface area contributed by atoms with E-state index < -0.39 is 47.1 Å². The minimum atomic E-state index is -3.99. The van der Waals surface area contributed by atoms with Crippen LogP contribution in [0.25, 0.3) is 0 Å². The average molecular weight is 404 g/mol. The Morgan fingerprint density at radius 3 is 2.39 bits per heavy atom. The van der Waals surface area contributed by atoms with Crippen molar-refractivity contribution >= 4 is 10.1 Å². The minimum absolute atomic E-state index is 0.0919. The second-order valence-electron chi connectivity index (χ2n) is 7.15. The van der Waals surface area contributed by atoms with Gasteiger partial charge in [-0.15, -0.1) is 0 Å². The van der Waals surface area contributed by atoms with E-state index >= 15 is 0 Å². The quantitative estimate of drug-likeness (QED) is 0.724. The number of aryl methyl sites for hydroxylation is 1. The number of ether oxygens (including phenoxy) is 4. The second kappa shape index (κ2) is 6.91. The van der Waals surface area contributed by atoms with Crippen molar-refractivity contribution in [1.29, 1.82) is 0 Å². The molecule has 3 saturated heterocycles. The van der Waals surface area contributed by atoms with Crippen LogP contribution in [0.4, 0.5) is 0 Å². The number of hydrogen-bond acceptors (Lipinski definition) is 7. The van der Waals surface area contributed by atoms with Gasteiger partial charge in [0.2, 0.25) is 0 Å². The van der Waals surface area contributed by atoms with Crippen LogP contribution < -0.4 is 0 Å². The molecular formula is C20H20O7S. The number of fused-ring (bicyclic) bond motifs is 4.